The second-order valence-electron chi connectivity index (χ2n) is 3.02. The summed E-state index contributed by atoms with van der Waals surface area (Å²) in [6.07, 6.45) is -0.748. The highest BCUT2D eigenvalue weighted by Crippen LogP contribution is 2.27. The van der Waals surface area contributed by atoms with Crippen LogP contribution in [0.3, 0.4) is 0 Å². The smallest absolute Gasteiger partial charge is 0.333 e. The zero-order valence-electron chi connectivity index (χ0n) is 8.85. The highest BCUT2D eigenvalue weighted by molar-refractivity contribution is 9.10. The van der Waals surface area contributed by atoms with Gasteiger partial charge in [-0.1, -0.05) is 12.1 Å². The average molecular weight is 305 g/mol. The zero-order chi connectivity index (χ0) is 12.0. The molecule has 88 valence electrons. The minimum atomic E-state index is -0.915. The summed E-state index contributed by atoms with van der Waals surface area (Å²) in [5.74, 6) is -0.507. The minimum absolute atomic E-state index is 0.409. The Morgan fingerprint density at radius 2 is 2.25 bits per heavy atom. The molecule has 0 saturated carbocycles. The summed E-state index contributed by atoms with van der Waals surface area (Å²) in [5.41, 5.74) is 0. The van der Waals surface area contributed by atoms with Gasteiger partial charge in [-0.15, -0.1) is 11.8 Å². The predicted molar refractivity (Wildman–Crippen MR) is 67.9 cm³/mol. The number of aliphatic carboxylic acids is 1. The fourth-order valence-electron chi connectivity index (χ4n) is 1.12. The van der Waals surface area contributed by atoms with Crippen LogP contribution >= 0.6 is 27.7 Å². The molecule has 0 amide bonds. The summed E-state index contributed by atoms with van der Waals surface area (Å²) in [5, 5.41) is 8.90. The third kappa shape index (κ3) is 4.15. The van der Waals surface area contributed by atoms with Crippen molar-refractivity contribution >= 4 is 33.7 Å². The second-order valence-corrected chi connectivity index (χ2v) is 4.94. The number of hydrogen-bond donors (Lipinski definition) is 1. The molecule has 1 atom stereocenters. The summed E-state index contributed by atoms with van der Waals surface area (Å²) in [6, 6.07) is 7.72. The summed E-state index contributed by atoms with van der Waals surface area (Å²) in [7, 11) is 0. The Hall–Kier alpha value is -0.520. The SMILES string of the molecule is CCOC(CSc1ccccc1Br)C(=O)O. The molecule has 0 aliphatic heterocycles. The number of benzene rings is 1. The summed E-state index contributed by atoms with van der Waals surface area (Å²) >= 11 is 4.88. The van der Waals surface area contributed by atoms with Gasteiger partial charge in [0.1, 0.15) is 0 Å². The van der Waals surface area contributed by atoms with Crippen molar-refractivity contribution in [2.24, 2.45) is 0 Å². The maximum Gasteiger partial charge on any atom is 0.333 e. The first kappa shape index (κ1) is 13.5. The molecule has 5 heteroatoms. The van der Waals surface area contributed by atoms with Gasteiger partial charge in [0.15, 0.2) is 6.10 Å². The maximum atomic E-state index is 10.8. The molecule has 1 aromatic rings. The van der Waals surface area contributed by atoms with Crippen molar-refractivity contribution in [3.8, 4) is 0 Å². The zero-order valence-corrected chi connectivity index (χ0v) is 11.3. The monoisotopic (exact) mass is 304 g/mol. The number of carboxylic acids is 1. The third-order valence-electron chi connectivity index (χ3n) is 1.87. The van der Waals surface area contributed by atoms with Crippen molar-refractivity contribution in [3.05, 3.63) is 28.7 Å². The molecule has 0 spiro atoms. The predicted octanol–water partition coefficient (Wildman–Crippen LogP) is 3.03. The van der Waals surface area contributed by atoms with Crippen LogP contribution in [-0.4, -0.2) is 29.5 Å². The van der Waals surface area contributed by atoms with Gasteiger partial charge in [-0.25, -0.2) is 4.79 Å². The first-order valence-corrected chi connectivity index (χ1v) is 6.64. The molecule has 16 heavy (non-hydrogen) atoms. The Bertz CT molecular complexity index is 357. The number of thioether (sulfide) groups is 1. The van der Waals surface area contributed by atoms with Gasteiger partial charge < -0.3 is 9.84 Å². The molecule has 0 bridgehead atoms. The fourth-order valence-corrected chi connectivity index (χ4v) is 2.70. The number of carboxylic acid groups (broad SMARTS) is 1. The van der Waals surface area contributed by atoms with E-state index in [9.17, 15) is 4.79 Å². The lowest BCUT2D eigenvalue weighted by Crippen LogP contribution is -2.26. The molecule has 1 unspecified atom stereocenters. The van der Waals surface area contributed by atoms with Crippen molar-refractivity contribution < 1.29 is 14.6 Å². The van der Waals surface area contributed by atoms with E-state index in [0.29, 0.717) is 12.4 Å². The van der Waals surface area contributed by atoms with Crippen molar-refractivity contribution in [1.29, 1.82) is 0 Å². The Morgan fingerprint density at radius 1 is 1.56 bits per heavy atom. The van der Waals surface area contributed by atoms with Gasteiger partial charge in [-0.3, -0.25) is 0 Å². The van der Waals surface area contributed by atoms with Crippen LogP contribution in [0.1, 0.15) is 6.92 Å². The van der Waals surface area contributed by atoms with E-state index in [4.69, 9.17) is 9.84 Å². The number of halogens is 1. The van der Waals surface area contributed by atoms with Gasteiger partial charge >= 0.3 is 5.97 Å². The average Bonchev–Trinajstić information content (AvgIpc) is 2.26. The summed E-state index contributed by atoms with van der Waals surface area (Å²) in [4.78, 5) is 11.9. The van der Waals surface area contributed by atoms with Crippen LogP contribution in [0.4, 0.5) is 0 Å². The second kappa shape index (κ2) is 6.93. The van der Waals surface area contributed by atoms with Crippen molar-refractivity contribution in [1.82, 2.24) is 0 Å². The van der Waals surface area contributed by atoms with Crippen LogP contribution in [-0.2, 0) is 9.53 Å². The molecule has 0 aromatic heterocycles. The lowest BCUT2D eigenvalue weighted by atomic mass is 10.4. The molecule has 1 aromatic carbocycles. The van der Waals surface area contributed by atoms with Gasteiger partial charge in [-0.2, -0.15) is 0 Å². The number of hydrogen-bond acceptors (Lipinski definition) is 3. The van der Waals surface area contributed by atoms with Gasteiger partial charge in [0.25, 0.3) is 0 Å². The third-order valence-corrected chi connectivity index (χ3v) is 3.96. The quantitative estimate of drug-likeness (QED) is 0.821. The van der Waals surface area contributed by atoms with E-state index in [0.717, 1.165) is 9.37 Å². The highest BCUT2D eigenvalue weighted by Gasteiger charge is 2.17. The Labute approximate surface area is 107 Å². The van der Waals surface area contributed by atoms with Crippen molar-refractivity contribution in [3.63, 3.8) is 0 Å². The molecule has 0 fully saturated rings. The van der Waals surface area contributed by atoms with Crippen LogP contribution < -0.4 is 0 Å². The molecule has 0 radical (unpaired) electrons. The molecular weight excluding hydrogens is 292 g/mol. The summed E-state index contributed by atoms with van der Waals surface area (Å²) in [6.45, 7) is 2.20. The molecule has 0 aliphatic rings. The molecule has 0 aliphatic carbocycles. The molecule has 0 saturated heterocycles. The van der Waals surface area contributed by atoms with Gasteiger partial charge in [0, 0.05) is 21.7 Å². The largest absolute Gasteiger partial charge is 0.479 e. The minimum Gasteiger partial charge on any atom is -0.479 e. The Kier molecular flexibility index (Phi) is 5.87. The standard InChI is InChI=1S/C11H13BrO3S/c1-2-15-9(11(13)14)7-16-10-6-4-3-5-8(10)12/h3-6,9H,2,7H2,1H3,(H,13,14). The Balaban J connectivity index is 2.55. The maximum absolute atomic E-state index is 10.8. The van der Waals surface area contributed by atoms with Crippen LogP contribution in [0.25, 0.3) is 0 Å². The molecular formula is C11H13BrO3S. The normalized spacial score (nSPS) is 12.4. The van der Waals surface area contributed by atoms with E-state index in [1.165, 1.54) is 11.8 Å². The lowest BCUT2D eigenvalue weighted by molar-refractivity contribution is -0.148. The van der Waals surface area contributed by atoms with Crippen LogP contribution in [0.2, 0.25) is 0 Å². The topological polar surface area (TPSA) is 46.5 Å². The first-order valence-electron chi connectivity index (χ1n) is 4.87. The van der Waals surface area contributed by atoms with E-state index < -0.39 is 12.1 Å². The van der Waals surface area contributed by atoms with E-state index in [1.807, 2.05) is 24.3 Å². The van der Waals surface area contributed by atoms with Gasteiger partial charge in [-0.05, 0) is 35.0 Å². The van der Waals surface area contributed by atoms with Crippen molar-refractivity contribution in [2.75, 3.05) is 12.4 Å². The van der Waals surface area contributed by atoms with Gasteiger partial charge in [0.05, 0.1) is 0 Å². The number of ether oxygens (including phenoxy) is 1. The van der Waals surface area contributed by atoms with Gasteiger partial charge in [0.2, 0.25) is 0 Å². The van der Waals surface area contributed by atoms with Crippen LogP contribution in [0.5, 0.6) is 0 Å². The summed E-state index contributed by atoms with van der Waals surface area (Å²) < 4.78 is 6.10. The number of carbonyl (C=O) groups is 1. The van der Waals surface area contributed by atoms with E-state index in [2.05, 4.69) is 15.9 Å². The molecule has 1 rings (SSSR count). The number of rotatable bonds is 6. The Morgan fingerprint density at radius 3 is 2.81 bits per heavy atom. The van der Waals surface area contributed by atoms with E-state index >= 15 is 0 Å². The molecule has 0 heterocycles. The highest BCUT2D eigenvalue weighted by atomic mass is 79.9. The van der Waals surface area contributed by atoms with Crippen LogP contribution in [0, 0.1) is 0 Å². The molecule has 3 nitrogen and oxygen atoms in total. The lowest BCUT2D eigenvalue weighted by Gasteiger charge is -2.12. The van der Waals surface area contributed by atoms with Crippen LogP contribution in [0.15, 0.2) is 33.6 Å². The first-order chi connectivity index (χ1) is 7.65. The van der Waals surface area contributed by atoms with E-state index in [1.54, 1.807) is 6.92 Å². The van der Waals surface area contributed by atoms with E-state index in [-0.39, 0.29) is 0 Å². The van der Waals surface area contributed by atoms with Crippen molar-refractivity contribution in [2.45, 2.75) is 17.9 Å². The fraction of sp³-hybridized carbons (Fsp3) is 0.364. The molecule has 1 N–H and O–H groups in total.